The molecule has 114 valence electrons. The lowest BCUT2D eigenvalue weighted by Gasteiger charge is -2.14. The van der Waals surface area contributed by atoms with Crippen LogP contribution in [-0.2, 0) is 6.54 Å². The molecule has 0 radical (unpaired) electrons. The largest absolute Gasteiger partial charge is 0.507 e. The van der Waals surface area contributed by atoms with E-state index in [4.69, 9.17) is 4.42 Å². The monoisotopic (exact) mass is 298 g/mol. The summed E-state index contributed by atoms with van der Waals surface area (Å²) in [5.74, 6) is 0.233. The van der Waals surface area contributed by atoms with Gasteiger partial charge in [-0.1, -0.05) is 30.3 Å². The molecule has 0 saturated carbocycles. The molecule has 0 spiro atoms. The quantitative estimate of drug-likeness (QED) is 0.689. The van der Waals surface area contributed by atoms with Crippen molar-refractivity contribution >= 4 is 11.0 Å². The van der Waals surface area contributed by atoms with E-state index in [1.54, 1.807) is 18.4 Å². The second-order valence-corrected chi connectivity index (χ2v) is 5.82. The Morgan fingerprint density at radius 3 is 2.50 bits per heavy atom. The number of hydrogen-bond donors (Lipinski definition) is 3. The Hall–Kier alpha value is -2.30. The van der Waals surface area contributed by atoms with Crippen LogP contribution < -0.4 is 4.90 Å². The van der Waals surface area contributed by atoms with E-state index in [-0.39, 0.29) is 5.75 Å². The summed E-state index contributed by atoms with van der Waals surface area (Å²) in [6, 6.07) is 12.8. The van der Waals surface area contributed by atoms with Crippen LogP contribution in [0.1, 0.15) is 22.8 Å². The van der Waals surface area contributed by atoms with E-state index >= 15 is 0 Å². The van der Waals surface area contributed by atoms with Gasteiger partial charge in [0.25, 0.3) is 0 Å². The van der Waals surface area contributed by atoms with Gasteiger partial charge in [0.1, 0.15) is 24.0 Å². The molecule has 0 bridgehead atoms. The van der Waals surface area contributed by atoms with Gasteiger partial charge in [-0.2, -0.15) is 0 Å². The van der Waals surface area contributed by atoms with E-state index in [1.165, 1.54) is 4.90 Å². The van der Waals surface area contributed by atoms with Gasteiger partial charge in [0.05, 0.1) is 25.9 Å². The first kappa shape index (κ1) is 14.6. The number of benzene rings is 2. The molecule has 0 fully saturated rings. The van der Waals surface area contributed by atoms with Crippen LogP contribution in [0, 0.1) is 0 Å². The summed E-state index contributed by atoms with van der Waals surface area (Å²) >= 11 is 0. The summed E-state index contributed by atoms with van der Waals surface area (Å²) in [7, 11) is 4.04. The predicted molar refractivity (Wildman–Crippen MR) is 84.9 cm³/mol. The highest BCUT2D eigenvalue weighted by Gasteiger charge is 2.21. The number of aromatic hydroxyl groups is 1. The minimum Gasteiger partial charge on any atom is -0.507 e. The highest BCUT2D eigenvalue weighted by molar-refractivity contribution is 5.87. The third kappa shape index (κ3) is 2.58. The first-order valence-electron chi connectivity index (χ1n) is 7.32. The van der Waals surface area contributed by atoms with Crippen molar-refractivity contribution in [2.75, 3.05) is 14.1 Å². The summed E-state index contributed by atoms with van der Waals surface area (Å²) < 4.78 is 5.59. The lowest BCUT2D eigenvalue weighted by atomic mass is 9.97. The molecular formula is C18H20NO3+. The van der Waals surface area contributed by atoms with Gasteiger partial charge >= 0.3 is 0 Å². The lowest BCUT2D eigenvalue weighted by molar-refractivity contribution is -0.872. The molecular weight excluding hydrogens is 278 g/mol. The average Bonchev–Trinajstić information content (AvgIpc) is 2.94. The molecule has 2 aromatic carbocycles. The molecule has 1 atom stereocenters. The molecule has 0 amide bonds. The van der Waals surface area contributed by atoms with Crippen LogP contribution in [0.3, 0.4) is 0 Å². The molecule has 4 heteroatoms. The Labute approximate surface area is 129 Å². The highest BCUT2D eigenvalue weighted by atomic mass is 16.3. The summed E-state index contributed by atoms with van der Waals surface area (Å²) in [5, 5.41) is 21.7. The van der Waals surface area contributed by atoms with Gasteiger partial charge in [-0.15, -0.1) is 0 Å². The molecule has 0 aliphatic carbocycles. The van der Waals surface area contributed by atoms with E-state index in [9.17, 15) is 10.2 Å². The molecule has 1 heterocycles. The molecule has 0 unspecified atom stereocenters. The third-order valence-electron chi connectivity index (χ3n) is 3.79. The molecule has 0 aliphatic heterocycles. The fourth-order valence-corrected chi connectivity index (χ4v) is 2.76. The lowest BCUT2D eigenvalue weighted by Crippen LogP contribution is -3.04. The second-order valence-electron chi connectivity index (χ2n) is 5.82. The van der Waals surface area contributed by atoms with E-state index in [0.29, 0.717) is 17.7 Å². The van der Waals surface area contributed by atoms with E-state index < -0.39 is 6.10 Å². The van der Waals surface area contributed by atoms with Crippen molar-refractivity contribution in [3.63, 3.8) is 0 Å². The molecule has 22 heavy (non-hydrogen) atoms. The molecule has 0 saturated heterocycles. The number of furan rings is 1. The van der Waals surface area contributed by atoms with Crippen molar-refractivity contribution < 1.29 is 19.5 Å². The highest BCUT2D eigenvalue weighted by Crippen LogP contribution is 2.36. The van der Waals surface area contributed by atoms with Gasteiger partial charge in [-0.25, -0.2) is 0 Å². The van der Waals surface area contributed by atoms with Gasteiger partial charge in [0, 0.05) is 10.9 Å². The van der Waals surface area contributed by atoms with Crippen molar-refractivity contribution in [3.8, 4) is 5.75 Å². The predicted octanol–water partition coefficient (Wildman–Crippen LogP) is 1.86. The van der Waals surface area contributed by atoms with Gasteiger partial charge in [0.2, 0.25) is 0 Å². The van der Waals surface area contributed by atoms with Gasteiger partial charge < -0.3 is 19.5 Å². The maximum absolute atomic E-state index is 10.7. The Morgan fingerprint density at radius 2 is 1.82 bits per heavy atom. The maximum Gasteiger partial charge on any atom is 0.135 e. The van der Waals surface area contributed by atoms with Crippen LogP contribution >= 0.6 is 0 Å². The normalized spacial score (nSPS) is 12.9. The van der Waals surface area contributed by atoms with Gasteiger partial charge in [0.15, 0.2) is 0 Å². The molecule has 0 aliphatic rings. The number of nitrogens with one attached hydrogen (secondary N) is 1. The van der Waals surface area contributed by atoms with Crippen LogP contribution in [0.15, 0.2) is 53.1 Å². The molecule has 3 aromatic rings. The Morgan fingerprint density at radius 1 is 1.09 bits per heavy atom. The zero-order chi connectivity index (χ0) is 15.7. The molecule has 4 nitrogen and oxygen atoms in total. The number of quaternary nitrogens is 1. The Balaban J connectivity index is 2.16. The molecule has 1 aromatic heterocycles. The van der Waals surface area contributed by atoms with Crippen molar-refractivity contribution in [3.05, 3.63) is 65.4 Å². The summed E-state index contributed by atoms with van der Waals surface area (Å²) in [6.07, 6.45) is 0.802. The standard InChI is InChI=1S/C18H19NO3/c1-19(2)10-13-15(20)8-9-16-17(13)14(11-22-16)18(21)12-6-4-3-5-7-12/h3-9,11,18,20-21H,10H2,1-2H3/p+1/t18-/m1/s1. The number of phenols is 1. The number of phenolic OH excluding ortho intramolecular Hbond substituents is 1. The summed E-state index contributed by atoms with van der Waals surface area (Å²) in [5.41, 5.74) is 2.97. The SMILES string of the molecule is C[NH+](C)Cc1c(O)ccc2occ([C@H](O)c3ccccc3)c12. The van der Waals surface area contributed by atoms with Crippen LogP contribution in [0.4, 0.5) is 0 Å². The van der Waals surface area contributed by atoms with E-state index in [2.05, 4.69) is 0 Å². The second kappa shape index (κ2) is 5.83. The Bertz CT molecular complexity index is 778. The molecule has 3 N–H and O–H groups in total. The summed E-state index contributed by atoms with van der Waals surface area (Å²) in [4.78, 5) is 1.18. The van der Waals surface area contributed by atoms with Crippen LogP contribution in [0.25, 0.3) is 11.0 Å². The van der Waals surface area contributed by atoms with Crippen molar-refractivity contribution in [2.24, 2.45) is 0 Å². The van der Waals surface area contributed by atoms with Crippen molar-refractivity contribution in [2.45, 2.75) is 12.6 Å². The topological polar surface area (TPSA) is 58.0 Å². The van der Waals surface area contributed by atoms with Gasteiger partial charge in [-0.3, -0.25) is 0 Å². The van der Waals surface area contributed by atoms with E-state index in [1.807, 2.05) is 44.4 Å². The molecule has 3 rings (SSSR count). The first-order chi connectivity index (χ1) is 10.6. The van der Waals surface area contributed by atoms with Crippen molar-refractivity contribution in [1.29, 1.82) is 0 Å². The first-order valence-corrected chi connectivity index (χ1v) is 7.32. The summed E-state index contributed by atoms with van der Waals surface area (Å²) in [6.45, 7) is 0.650. The third-order valence-corrected chi connectivity index (χ3v) is 3.79. The van der Waals surface area contributed by atoms with Gasteiger partial charge in [-0.05, 0) is 17.7 Å². The number of aliphatic hydroxyl groups is 1. The number of rotatable bonds is 4. The van der Waals surface area contributed by atoms with Crippen LogP contribution in [-0.4, -0.2) is 24.3 Å². The van der Waals surface area contributed by atoms with Crippen molar-refractivity contribution in [1.82, 2.24) is 0 Å². The fourth-order valence-electron chi connectivity index (χ4n) is 2.76. The minimum atomic E-state index is -0.778. The Kier molecular flexibility index (Phi) is 3.88. The fraction of sp³-hybridized carbons (Fsp3) is 0.222. The zero-order valence-electron chi connectivity index (χ0n) is 12.7. The average molecular weight is 298 g/mol. The maximum atomic E-state index is 10.7. The van der Waals surface area contributed by atoms with Crippen LogP contribution in [0.2, 0.25) is 0 Å². The van der Waals surface area contributed by atoms with E-state index in [0.717, 1.165) is 16.5 Å². The smallest absolute Gasteiger partial charge is 0.135 e. The number of fused-ring (bicyclic) bond motifs is 1. The number of aliphatic hydroxyl groups excluding tert-OH is 1. The zero-order valence-corrected chi connectivity index (χ0v) is 12.7. The van der Waals surface area contributed by atoms with Crippen LogP contribution in [0.5, 0.6) is 5.75 Å². The number of hydrogen-bond acceptors (Lipinski definition) is 3. The minimum absolute atomic E-state index is 0.233.